The molecule has 7 heteroatoms. The van der Waals surface area contributed by atoms with Gasteiger partial charge in [0.25, 0.3) is 0 Å². The summed E-state index contributed by atoms with van der Waals surface area (Å²) in [6, 6.07) is 8.70. The third kappa shape index (κ3) is 4.88. The second-order valence-corrected chi connectivity index (χ2v) is 8.87. The van der Waals surface area contributed by atoms with Crippen molar-refractivity contribution in [2.45, 2.75) is 63.1 Å². The van der Waals surface area contributed by atoms with Crippen LogP contribution in [0.2, 0.25) is 5.02 Å². The zero-order chi connectivity index (χ0) is 21.1. The van der Waals surface area contributed by atoms with E-state index in [1.54, 1.807) is 13.2 Å². The minimum absolute atomic E-state index is 0.0473. The molecule has 1 saturated carbocycles. The standard InChI is InChI=1S/C23H30ClN3O3/c1-15-12-26-23(30-15)17-5-9-19(10-6-17)27-13-21(22(28)25-2)29-14-20(27)11-16-3-7-18(24)8-4-16/h3-4,7-8,12,17,19-21H,5-6,9-11,13-14H2,1-2H3,(H,25,28)/t17?,19?,20-,21+/m0/s1. The summed E-state index contributed by atoms with van der Waals surface area (Å²) in [4.78, 5) is 19.2. The van der Waals surface area contributed by atoms with Crippen LogP contribution < -0.4 is 5.32 Å². The number of hydrogen-bond acceptors (Lipinski definition) is 5. The maximum Gasteiger partial charge on any atom is 0.250 e. The Morgan fingerprint density at radius 2 is 1.97 bits per heavy atom. The van der Waals surface area contributed by atoms with Crippen LogP contribution in [0.1, 0.15) is 48.8 Å². The first-order valence-electron chi connectivity index (χ1n) is 10.8. The predicted molar refractivity (Wildman–Crippen MR) is 116 cm³/mol. The Balaban J connectivity index is 1.45. The van der Waals surface area contributed by atoms with Crippen LogP contribution in [0.5, 0.6) is 0 Å². The lowest BCUT2D eigenvalue weighted by Crippen LogP contribution is -2.58. The number of hydrogen-bond donors (Lipinski definition) is 1. The Morgan fingerprint density at radius 3 is 2.60 bits per heavy atom. The Labute approximate surface area is 182 Å². The Morgan fingerprint density at radius 1 is 1.23 bits per heavy atom. The first-order valence-corrected chi connectivity index (χ1v) is 11.2. The number of nitrogens with zero attached hydrogens (tertiary/aromatic N) is 2. The third-order valence-corrected chi connectivity index (χ3v) is 6.66. The number of ether oxygens (including phenoxy) is 1. The first kappa shape index (κ1) is 21.3. The second-order valence-electron chi connectivity index (χ2n) is 8.43. The normalized spacial score (nSPS) is 27.7. The number of carbonyl (C=O) groups excluding carboxylic acids is 1. The first-order chi connectivity index (χ1) is 14.5. The SMILES string of the molecule is CNC(=O)[C@H]1CN(C2CCC(c3ncc(C)o3)CC2)[C@@H](Cc2ccc(Cl)cc2)CO1. The quantitative estimate of drug-likeness (QED) is 0.781. The average Bonchev–Trinajstić information content (AvgIpc) is 3.21. The van der Waals surface area contributed by atoms with Crippen LogP contribution in [-0.4, -0.2) is 54.2 Å². The van der Waals surface area contributed by atoms with E-state index in [2.05, 4.69) is 27.3 Å². The van der Waals surface area contributed by atoms with E-state index in [0.717, 1.165) is 48.8 Å². The lowest BCUT2D eigenvalue weighted by atomic mass is 9.84. The number of benzene rings is 1. The molecular formula is C23H30ClN3O3. The van der Waals surface area contributed by atoms with Gasteiger partial charge in [-0.3, -0.25) is 9.69 Å². The van der Waals surface area contributed by atoms with E-state index >= 15 is 0 Å². The fourth-order valence-corrected chi connectivity index (χ4v) is 4.89. The van der Waals surface area contributed by atoms with Crippen molar-refractivity contribution in [3.05, 3.63) is 52.7 Å². The highest BCUT2D eigenvalue weighted by Gasteiger charge is 2.38. The van der Waals surface area contributed by atoms with Crippen LogP contribution in [0.4, 0.5) is 0 Å². The molecule has 1 aliphatic carbocycles. The fraction of sp³-hybridized carbons (Fsp3) is 0.565. The number of oxazole rings is 1. The molecule has 1 aromatic heterocycles. The van der Waals surface area contributed by atoms with Gasteiger partial charge in [-0.2, -0.15) is 0 Å². The summed E-state index contributed by atoms with van der Waals surface area (Å²) >= 11 is 6.05. The molecule has 2 aromatic rings. The van der Waals surface area contributed by atoms with E-state index in [1.807, 2.05) is 19.1 Å². The van der Waals surface area contributed by atoms with Gasteiger partial charge in [0.1, 0.15) is 11.9 Å². The van der Waals surface area contributed by atoms with Crippen molar-refractivity contribution in [1.29, 1.82) is 0 Å². The van der Waals surface area contributed by atoms with Crippen LogP contribution in [0.15, 0.2) is 34.9 Å². The lowest BCUT2D eigenvalue weighted by Gasteiger charge is -2.45. The Bertz CT molecular complexity index is 846. The molecule has 1 saturated heterocycles. The number of likely N-dealkylation sites (N-methyl/N-ethyl adjacent to an activating group) is 1. The number of aryl methyl sites for hydroxylation is 1. The van der Waals surface area contributed by atoms with Crippen molar-refractivity contribution >= 4 is 17.5 Å². The van der Waals surface area contributed by atoms with Gasteiger partial charge in [0.15, 0.2) is 5.89 Å². The number of aromatic nitrogens is 1. The van der Waals surface area contributed by atoms with Crippen molar-refractivity contribution in [3.63, 3.8) is 0 Å². The summed E-state index contributed by atoms with van der Waals surface area (Å²) in [6.45, 7) is 3.13. The van der Waals surface area contributed by atoms with E-state index in [0.29, 0.717) is 25.1 Å². The summed E-state index contributed by atoms with van der Waals surface area (Å²) in [7, 11) is 1.67. The molecule has 0 spiro atoms. The van der Waals surface area contributed by atoms with Gasteiger partial charge < -0.3 is 14.5 Å². The zero-order valence-corrected chi connectivity index (χ0v) is 18.4. The highest BCUT2D eigenvalue weighted by Crippen LogP contribution is 2.36. The summed E-state index contributed by atoms with van der Waals surface area (Å²) < 4.78 is 11.7. The molecule has 1 aliphatic heterocycles. The Kier molecular flexibility index (Phi) is 6.76. The van der Waals surface area contributed by atoms with Crippen molar-refractivity contribution in [2.75, 3.05) is 20.2 Å². The highest BCUT2D eigenvalue weighted by atomic mass is 35.5. The summed E-state index contributed by atoms with van der Waals surface area (Å²) in [6.07, 6.45) is 6.53. The average molecular weight is 432 g/mol. The van der Waals surface area contributed by atoms with Crippen molar-refractivity contribution < 1.29 is 13.9 Å². The molecule has 2 fully saturated rings. The smallest absolute Gasteiger partial charge is 0.250 e. The maximum atomic E-state index is 12.2. The second kappa shape index (κ2) is 9.50. The van der Waals surface area contributed by atoms with Crippen LogP contribution in [0.25, 0.3) is 0 Å². The Hall–Kier alpha value is -1.89. The van der Waals surface area contributed by atoms with E-state index in [-0.39, 0.29) is 11.9 Å². The van der Waals surface area contributed by atoms with E-state index in [1.165, 1.54) is 5.56 Å². The minimum Gasteiger partial charge on any atom is -0.446 e. The molecule has 2 aliphatic rings. The molecule has 162 valence electrons. The number of halogens is 1. The minimum atomic E-state index is -0.413. The molecule has 0 unspecified atom stereocenters. The summed E-state index contributed by atoms with van der Waals surface area (Å²) in [5.74, 6) is 2.08. The van der Waals surface area contributed by atoms with Gasteiger partial charge in [-0.15, -0.1) is 0 Å². The van der Waals surface area contributed by atoms with Crippen LogP contribution in [0, 0.1) is 6.92 Å². The largest absolute Gasteiger partial charge is 0.446 e. The fourth-order valence-electron chi connectivity index (χ4n) is 4.77. The number of rotatable bonds is 5. The van der Waals surface area contributed by atoms with E-state index < -0.39 is 6.10 Å². The van der Waals surface area contributed by atoms with Crippen LogP contribution >= 0.6 is 11.6 Å². The van der Waals surface area contributed by atoms with Crippen molar-refractivity contribution in [3.8, 4) is 0 Å². The van der Waals surface area contributed by atoms with Gasteiger partial charge in [-0.1, -0.05) is 23.7 Å². The van der Waals surface area contributed by atoms with Gasteiger partial charge in [-0.05, 0) is 56.7 Å². The predicted octanol–water partition coefficient (Wildman–Crippen LogP) is 3.72. The zero-order valence-electron chi connectivity index (χ0n) is 17.6. The number of nitrogens with one attached hydrogen (secondary N) is 1. The monoisotopic (exact) mass is 431 g/mol. The van der Waals surface area contributed by atoms with E-state index in [4.69, 9.17) is 20.8 Å². The van der Waals surface area contributed by atoms with Gasteiger partial charge in [-0.25, -0.2) is 4.98 Å². The number of morpholine rings is 1. The number of amides is 1. The molecule has 4 rings (SSSR count). The van der Waals surface area contributed by atoms with Gasteiger partial charge in [0.2, 0.25) is 5.91 Å². The summed E-state index contributed by atoms with van der Waals surface area (Å²) in [5.41, 5.74) is 1.24. The van der Waals surface area contributed by atoms with Gasteiger partial charge in [0, 0.05) is 36.6 Å². The topological polar surface area (TPSA) is 67.6 Å². The van der Waals surface area contributed by atoms with Gasteiger partial charge >= 0.3 is 0 Å². The molecule has 1 amide bonds. The highest BCUT2D eigenvalue weighted by molar-refractivity contribution is 6.30. The van der Waals surface area contributed by atoms with Crippen molar-refractivity contribution in [1.82, 2.24) is 15.2 Å². The molecule has 2 atom stereocenters. The summed E-state index contributed by atoms with van der Waals surface area (Å²) in [5, 5.41) is 3.48. The molecular weight excluding hydrogens is 402 g/mol. The molecule has 2 heterocycles. The van der Waals surface area contributed by atoms with Crippen LogP contribution in [0.3, 0.4) is 0 Å². The number of carbonyl (C=O) groups is 1. The lowest BCUT2D eigenvalue weighted by molar-refractivity contribution is -0.144. The van der Waals surface area contributed by atoms with E-state index in [9.17, 15) is 4.79 Å². The molecule has 1 N–H and O–H groups in total. The van der Waals surface area contributed by atoms with Crippen LogP contribution in [-0.2, 0) is 16.0 Å². The molecule has 6 nitrogen and oxygen atoms in total. The molecule has 0 radical (unpaired) electrons. The third-order valence-electron chi connectivity index (χ3n) is 6.41. The van der Waals surface area contributed by atoms with Gasteiger partial charge in [0.05, 0.1) is 12.8 Å². The molecule has 0 bridgehead atoms. The van der Waals surface area contributed by atoms with Crippen molar-refractivity contribution in [2.24, 2.45) is 0 Å². The molecule has 1 aromatic carbocycles. The maximum absolute atomic E-state index is 12.2. The molecule has 30 heavy (non-hydrogen) atoms.